The highest BCUT2D eigenvalue weighted by atomic mass is 35.5. The highest BCUT2D eigenvalue weighted by Gasteiger charge is 2.18. The maximum atomic E-state index is 11.0. The molecule has 0 aromatic heterocycles. The van der Waals surface area contributed by atoms with Crippen molar-refractivity contribution >= 4 is 23.0 Å². The van der Waals surface area contributed by atoms with E-state index in [9.17, 15) is 10.1 Å². The molecule has 0 saturated heterocycles. The highest BCUT2D eigenvalue weighted by Crippen LogP contribution is 2.29. The van der Waals surface area contributed by atoms with Crippen LogP contribution in [0, 0.1) is 17.0 Å². The lowest BCUT2D eigenvalue weighted by Crippen LogP contribution is -2.26. The van der Waals surface area contributed by atoms with Crippen molar-refractivity contribution in [3.05, 3.63) is 69.8 Å². The number of aryl methyl sites for hydroxylation is 1. The summed E-state index contributed by atoms with van der Waals surface area (Å²) in [6.07, 6.45) is 0. The summed E-state index contributed by atoms with van der Waals surface area (Å²) in [5.74, 6) is 0. The van der Waals surface area contributed by atoms with Gasteiger partial charge in [-0.15, -0.1) is 11.6 Å². The van der Waals surface area contributed by atoms with E-state index in [-0.39, 0.29) is 16.0 Å². The molecule has 1 atom stereocenters. The van der Waals surface area contributed by atoms with Crippen LogP contribution in [0.4, 0.5) is 11.4 Å². The number of benzene rings is 2. The van der Waals surface area contributed by atoms with Crippen molar-refractivity contribution < 1.29 is 4.92 Å². The third-order valence-corrected chi connectivity index (χ3v) is 4.07. The van der Waals surface area contributed by atoms with Gasteiger partial charge in [-0.25, -0.2) is 0 Å². The SMILES string of the molecule is CCN(CC(Cl)c1ccc(C)c([N+](=O)[O-])c1)c1ccccc1. The number of alkyl halides is 1. The van der Waals surface area contributed by atoms with Crippen LogP contribution < -0.4 is 4.90 Å². The van der Waals surface area contributed by atoms with Crippen LogP contribution in [0.3, 0.4) is 0 Å². The Kier molecular flexibility index (Phi) is 5.39. The maximum Gasteiger partial charge on any atom is 0.272 e. The van der Waals surface area contributed by atoms with E-state index in [0.717, 1.165) is 17.8 Å². The Morgan fingerprint density at radius 1 is 1.23 bits per heavy atom. The fourth-order valence-corrected chi connectivity index (χ4v) is 2.68. The first-order valence-electron chi connectivity index (χ1n) is 7.22. The molecule has 0 aliphatic heterocycles. The summed E-state index contributed by atoms with van der Waals surface area (Å²) >= 11 is 6.49. The van der Waals surface area contributed by atoms with E-state index >= 15 is 0 Å². The van der Waals surface area contributed by atoms with Crippen molar-refractivity contribution in [2.75, 3.05) is 18.0 Å². The molecular formula is C17H19ClN2O2. The average molecular weight is 319 g/mol. The number of hydrogen-bond acceptors (Lipinski definition) is 3. The normalized spacial score (nSPS) is 12.0. The van der Waals surface area contributed by atoms with Gasteiger partial charge in [0, 0.05) is 30.4 Å². The molecule has 5 heteroatoms. The Morgan fingerprint density at radius 2 is 1.91 bits per heavy atom. The van der Waals surface area contributed by atoms with Crippen molar-refractivity contribution in [3.63, 3.8) is 0 Å². The summed E-state index contributed by atoms with van der Waals surface area (Å²) < 4.78 is 0. The summed E-state index contributed by atoms with van der Waals surface area (Å²) in [5, 5.41) is 10.7. The Labute approximate surface area is 135 Å². The predicted molar refractivity (Wildman–Crippen MR) is 90.8 cm³/mol. The standard InChI is InChI=1S/C17H19ClN2O2/c1-3-19(15-7-5-4-6-8-15)12-16(18)14-10-9-13(2)17(11-14)20(21)22/h4-11,16H,3,12H2,1-2H3. The summed E-state index contributed by atoms with van der Waals surface area (Å²) in [4.78, 5) is 12.8. The molecule has 0 aliphatic carbocycles. The molecule has 4 nitrogen and oxygen atoms in total. The summed E-state index contributed by atoms with van der Waals surface area (Å²) in [5.41, 5.74) is 2.63. The molecule has 0 radical (unpaired) electrons. The maximum absolute atomic E-state index is 11.0. The first-order chi connectivity index (χ1) is 10.5. The first-order valence-corrected chi connectivity index (χ1v) is 7.65. The Hall–Kier alpha value is -2.07. The second-order valence-electron chi connectivity index (χ2n) is 5.14. The molecule has 0 amide bonds. The number of nitro benzene ring substituents is 1. The third kappa shape index (κ3) is 3.77. The number of halogens is 1. The van der Waals surface area contributed by atoms with Gasteiger partial charge < -0.3 is 4.90 Å². The van der Waals surface area contributed by atoms with E-state index < -0.39 is 0 Å². The number of nitro groups is 1. The van der Waals surface area contributed by atoms with Gasteiger partial charge in [0.25, 0.3) is 5.69 Å². The van der Waals surface area contributed by atoms with E-state index in [0.29, 0.717) is 12.1 Å². The Balaban J connectivity index is 2.19. The highest BCUT2D eigenvalue weighted by molar-refractivity contribution is 6.21. The molecule has 0 fully saturated rings. The molecule has 0 heterocycles. The van der Waals surface area contributed by atoms with Crippen LogP contribution in [0.15, 0.2) is 48.5 Å². The minimum Gasteiger partial charge on any atom is -0.370 e. The summed E-state index contributed by atoms with van der Waals surface area (Å²) in [6.45, 7) is 5.21. The van der Waals surface area contributed by atoms with Crippen molar-refractivity contribution in [2.45, 2.75) is 19.2 Å². The molecule has 2 aromatic rings. The van der Waals surface area contributed by atoms with Gasteiger partial charge in [0.1, 0.15) is 0 Å². The number of rotatable bonds is 6. The monoisotopic (exact) mass is 318 g/mol. The average Bonchev–Trinajstić information content (AvgIpc) is 2.53. The van der Waals surface area contributed by atoms with E-state index in [2.05, 4.69) is 11.8 Å². The smallest absolute Gasteiger partial charge is 0.272 e. The molecule has 1 unspecified atom stereocenters. The molecular weight excluding hydrogens is 300 g/mol. The Bertz CT molecular complexity index is 646. The molecule has 0 bridgehead atoms. The van der Waals surface area contributed by atoms with E-state index in [1.54, 1.807) is 19.1 Å². The Morgan fingerprint density at radius 3 is 2.50 bits per heavy atom. The van der Waals surface area contributed by atoms with Gasteiger partial charge in [-0.2, -0.15) is 0 Å². The van der Waals surface area contributed by atoms with Gasteiger partial charge in [-0.3, -0.25) is 10.1 Å². The van der Waals surface area contributed by atoms with Crippen LogP contribution in [0.1, 0.15) is 23.4 Å². The topological polar surface area (TPSA) is 46.4 Å². The van der Waals surface area contributed by atoms with E-state index in [1.165, 1.54) is 0 Å². The zero-order valence-electron chi connectivity index (χ0n) is 12.7. The largest absolute Gasteiger partial charge is 0.370 e. The number of likely N-dealkylation sites (N-methyl/N-ethyl adjacent to an activating group) is 1. The molecule has 0 saturated carbocycles. The lowest BCUT2D eigenvalue weighted by atomic mass is 10.1. The zero-order chi connectivity index (χ0) is 16.1. The molecule has 0 aliphatic rings. The number of hydrogen-bond donors (Lipinski definition) is 0. The van der Waals surface area contributed by atoms with Crippen LogP contribution in [0.2, 0.25) is 0 Å². The van der Waals surface area contributed by atoms with Gasteiger partial charge in [0.15, 0.2) is 0 Å². The van der Waals surface area contributed by atoms with E-state index in [4.69, 9.17) is 11.6 Å². The third-order valence-electron chi connectivity index (χ3n) is 3.68. The molecule has 2 aromatic carbocycles. The molecule has 2 rings (SSSR count). The molecule has 0 spiro atoms. The van der Waals surface area contributed by atoms with Crippen LogP contribution >= 0.6 is 11.6 Å². The summed E-state index contributed by atoms with van der Waals surface area (Å²) in [7, 11) is 0. The minimum absolute atomic E-state index is 0.117. The van der Waals surface area contributed by atoms with Gasteiger partial charge in [0.2, 0.25) is 0 Å². The number of nitrogens with zero attached hydrogens (tertiary/aromatic N) is 2. The zero-order valence-corrected chi connectivity index (χ0v) is 13.5. The van der Waals surface area contributed by atoms with Gasteiger partial charge >= 0.3 is 0 Å². The second kappa shape index (κ2) is 7.27. The second-order valence-corrected chi connectivity index (χ2v) is 5.67. The number of anilines is 1. The van der Waals surface area contributed by atoms with Gasteiger partial charge in [-0.1, -0.05) is 30.3 Å². The van der Waals surface area contributed by atoms with E-state index in [1.807, 2.05) is 36.4 Å². The predicted octanol–water partition coefficient (Wildman–Crippen LogP) is 4.71. The van der Waals surface area contributed by atoms with Crippen LogP contribution in [0.25, 0.3) is 0 Å². The molecule has 0 N–H and O–H groups in total. The lowest BCUT2D eigenvalue weighted by molar-refractivity contribution is -0.385. The van der Waals surface area contributed by atoms with Crippen molar-refractivity contribution in [1.82, 2.24) is 0 Å². The van der Waals surface area contributed by atoms with Crippen LogP contribution in [0.5, 0.6) is 0 Å². The molecule has 116 valence electrons. The van der Waals surface area contributed by atoms with Gasteiger partial charge in [-0.05, 0) is 31.5 Å². The first kappa shape index (κ1) is 16.3. The van der Waals surface area contributed by atoms with Crippen LogP contribution in [-0.2, 0) is 0 Å². The quantitative estimate of drug-likeness (QED) is 0.440. The summed E-state index contributed by atoms with van der Waals surface area (Å²) in [6, 6.07) is 15.2. The molecule has 22 heavy (non-hydrogen) atoms. The van der Waals surface area contributed by atoms with Crippen molar-refractivity contribution in [1.29, 1.82) is 0 Å². The minimum atomic E-state index is -0.364. The van der Waals surface area contributed by atoms with Crippen LogP contribution in [-0.4, -0.2) is 18.0 Å². The van der Waals surface area contributed by atoms with Crippen molar-refractivity contribution in [3.8, 4) is 0 Å². The van der Waals surface area contributed by atoms with Crippen molar-refractivity contribution in [2.24, 2.45) is 0 Å². The lowest BCUT2D eigenvalue weighted by Gasteiger charge is -2.25. The fraction of sp³-hybridized carbons (Fsp3) is 0.294. The van der Waals surface area contributed by atoms with Gasteiger partial charge in [0.05, 0.1) is 10.3 Å². The number of para-hydroxylation sites is 1. The fourth-order valence-electron chi connectivity index (χ4n) is 2.37.